The van der Waals surface area contributed by atoms with E-state index < -0.39 is 0 Å². The first-order valence-corrected chi connectivity index (χ1v) is 8.68. The lowest BCUT2D eigenvalue weighted by Crippen LogP contribution is -2.32. The van der Waals surface area contributed by atoms with E-state index in [1.165, 1.54) is 0 Å². The van der Waals surface area contributed by atoms with Gasteiger partial charge in [-0.1, -0.05) is 0 Å². The van der Waals surface area contributed by atoms with Crippen molar-refractivity contribution in [3.63, 3.8) is 0 Å². The number of aryl methyl sites for hydroxylation is 1. The molecule has 0 bridgehead atoms. The highest BCUT2D eigenvalue weighted by atomic mass is 16.6. The van der Waals surface area contributed by atoms with Crippen LogP contribution < -0.4 is 15.2 Å². The minimum absolute atomic E-state index is 0.0600. The van der Waals surface area contributed by atoms with Gasteiger partial charge in [-0.2, -0.15) is 0 Å². The number of carbonyl (C=O) groups is 1. The maximum Gasteiger partial charge on any atom is 0.255 e. The van der Waals surface area contributed by atoms with Gasteiger partial charge in [0.05, 0.1) is 5.56 Å². The first kappa shape index (κ1) is 16.0. The Bertz CT molecular complexity index is 828. The Labute approximate surface area is 147 Å². The lowest BCUT2D eigenvalue weighted by atomic mass is 10.2. The number of carbonyl (C=O) groups excluding carboxylic acids is 1. The van der Waals surface area contributed by atoms with Crippen LogP contribution >= 0.6 is 0 Å². The number of fused-ring (bicyclic) bond motifs is 1. The number of benzene rings is 1. The van der Waals surface area contributed by atoms with Crippen LogP contribution in [-0.2, 0) is 0 Å². The summed E-state index contributed by atoms with van der Waals surface area (Å²) in [5.74, 6) is 1.57. The molecule has 6 nitrogen and oxygen atoms in total. The molecule has 25 heavy (non-hydrogen) atoms. The second-order valence-electron chi connectivity index (χ2n) is 6.75. The number of aromatic nitrogens is 1. The molecule has 1 aromatic heterocycles. The Morgan fingerprint density at radius 2 is 1.92 bits per heavy atom. The number of hydrogen-bond donors (Lipinski definition) is 1. The standard InChI is InChI=1S/C19H23N3O3/c1-12-9-16(19(23)21-6-5-14(20)11-21)13(2)22(12)15-3-4-17-18(10-15)25-8-7-24-17/h3-4,9-10,14H,5-8,11,20H2,1-2H3/t14-/m0/s1. The molecule has 1 fully saturated rings. The fourth-order valence-electron chi connectivity index (χ4n) is 3.69. The van der Waals surface area contributed by atoms with Crippen LogP contribution in [0.25, 0.3) is 5.69 Å². The first-order chi connectivity index (χ1) is 12.0. The zero-order chi connectivity index (χ0) is 17.6. The molecule has 1 atom stereocenters. The predicted octanol–water partition coefficient (Wildman–Crippen LogP) is 2.04. The maximum absolute atomic E-state index is 12.9. The summed E-state index contributed by atoms with van der Waals surface area (Å²) in [6.45, 7) is 6.48. The van der Waals surface area contributed by atoms with Gasteiger partial charge >= 0.3 is 0 Å². The number of nitrogens with two attached hydrogens (primary N) is 1. The SMILES string of the molecule is Cc1cc(C(=O)N2CC[C@H](N)C2)c(C)n1-c1ccc2c(c1)OCCO2. The first-order valence-electron chi connectivity index (χ1n) is 8.68. The second-order valence-corrected chi connectivity index (χ2v) is 6.75. The number of amides is 1. The van der Waals surface area contributed by atoms with Gasteiger partial charge in [-0.05, 0) is 38.5 Å². The number of ether oxygens (including phenoxy) is 2. The van der Waals surface area contributed by atoms with Crippen LogP contribution in [0.3, 0.4) is 0 Å². The molecule has 0 radical (unpaired) electrons. The second kappa shape index (κ2) is 6.11. The van der Waals surface area contributed by atoms with E-state index in [0.29, 0.717) is 19.8 Å². The van der Waals surface area contributed by atoms with Crippen molar-refractivity contribution in [3.05, 3.63) is 41.2 Å². The van der Waals surface area contributed by atoms with E-state index in [4.69, 9.17) is 15.2 Å². The fourth-order valence-corrected chi connectivity index (χ4v) is 3.69. The van der Waals surface area contributed by atoms with Gasteiger partial charge in [0.15, 0.2) is 11.5 Å². The zero-order valence-corrected chi connectivity index (χ0v) is 14.6. The number of rotatable bonds is 2. The van der Waals surface area contributed by atoms with Crippen molar-refractivity contribution in [2.24, 2.45) is 5.73 Å². The fraction of sp³-hybridized carbons (Fsp3) is 0.421. The predicted molar refractivity (Wildman–Crippen MR) is 94.7 cm³/mol. The largest absolute Gasteiger partial charge is 0.486 e. The summed E-state index contributed by atoms with van der Waals surface area (Å²) in [6, 6.07) is 7.93. The van der Waals surface area contributed by atoms with Crippen molar-refractivity contribution in [1.29, 1.82) is 0 Å². The van der Waals surface area contributed by atoms with E-state index in [2.05, 4.69) is 4.57 Å². The number of nitrogens with zero attached hydrogens (tertiary/aromatic N) is 2. The number of hydrogen-bond acceptors (Lipinski definition) is 4. The summed E-state index contributed by atoms with van der Waals surface area (Å²) in [6.07, 6.45) is 0.868. The van der Waals surface area contributed by atoms with Crippen molar-refractivity contribution < 1.29 is 14.3 Å². The van der Waals surface area contributed by atoms with Crippen molar-refractivity contribution in [2.45, 2.75) is 26.3 Å². The quantitative estimate of drug-likeness (QED) is 0.907. The third-order valence-electron chi connectivity index (χ3n) is 4.96. The third-order valence-corrected chi connectivity index (χ3v) is 4.96. The molecule has 1 amide bonds. The summed E-state index contributed by atoms with van der Waals surface area (Å²) in [7, 11) is 0. The monoisotopic (exact) mass is 341 g/mol. The lowest BCUT2D eigenvalue weighted by molar-refractivity contribution is 0.0790. The minimum atomic E-state index is 0.0600. The van der Waals surface area contributed by atoms with Crippen LogP contribution in [0.4, 0.5) is 0 Å². The Kier molecular flexibility index (Phi) is 3.92. The van der Waals surface area contributed by atoms with Crippen LogP contribution in [0.15, 0.2) is 24.3 Å². The molecular formula is C19H23N3O3. The third kappa shape index (κ3) is 2.76. The molecule has 1 saturated heterocycles. The molecule has 2 aliphatic rings. The molecule has 2 aliphatic heterocycles. The van der Waals surface area contributed by atoms with Crippen molar-refractivity contribution in [2.75, 3.05) is 26.3 Å². The van der Waals surface area contributed by atoms with Crippen LogP contribution in [0.2, 0.25) is 0 Å². The summed E-state index contributed by atoms with van der Waals surface area (Å²) in [5, 5.41) is 0. The van der Waals surface area contributed by atoms with Crippen molar-refractivity contribution in [3.8, 4) is 17.2 Å². The van der Waals surface area contributed by atoms with E-state index in [0.717, 1.165) is 47.1 Å². The topological polar surface area (TPSA) is 69.7 Å². The summed E-state index contributed by atoms with van der Waals surface area (Å²) in [5.41, 5.74) is 9.60. The lowest BCUT2D eigenvalue weighted by Gasteiger charge is -2.20. The molecule has 6 heteroatoms. The van der Waals surface area contributed by atoms with Crippen LogP contribution in [0.5, 0.6) is 11.5 Å². The van der Waals surface area contributed by atoms with Crippen LogP contribution in [0.1, 0.15) is 28.2 Å². The summed E-state index contributed by atoms with van der Waals surface area (Å²) >= 11 is 0. The van der Waals surface area contributed by atoms with E-state index in [1.807, 2.05) is 43.0 Å². The molecule has 0 aliphatic carbocycles. The molecule has 4 rings (SSSR count). The molecule has 0 unspecified atom stereocenters. The van der Waals surface area contributed by atoms with Gasteiger partial charge in [-0.15, -0.1) is 0 Å². The average molecular weight is 341 g/mol. The van der Waals surface area contributed by atoms with Crippen LogP contribution in [-0.4, -0.2) is 47.7 Å². The van der Waals surface area contributed by atoms with Crippen molar-refractivity contribution >= 4 is 5.91 Å². The van der Waals surface area contributed by atoms with E-state index in [1.54, 1.807) is 0 Å². The highest BCUT2D eigenvalue weighted by molar-refractivity contribution is 5.96. The average Bonchev–Trinajstić information content (AvgIpc) is 3.17. The maximum atomic E-state index is 12.9. The molecular weight excluding hydrogens is 318 g/mol. The molecule has 2 N–H and O–H groups in total. The number of likely N-dealkylation sites (tertiary alicyclic amines) is 1. The Hall–Kier alpha value is -2.47. The molecule has 0 spiro atoms. The Balaban J connectivity index is 1.69. The molecule has 0 saturated carbocycles. The molecule has 132 valence electrons. The highest BCUT2D eigenvalue weighted by Crippen LogP contribution is 2.33. The molecule has 3 heterocycles. The minimum Gasteiger partial charge on any atom is -0.486 e. The van der Waals surface area contributed by atoms with Gasteiger partial charge in [0.2, 0.25) is 0 Å². The Morgan fingerprint density at radius 1 is 1.16 bits per heavy atom. The normalized spacial score (nSPS) is 19.3. The van der Waals surface area contributed by atoms with Gasteiger partial charge in [-0.25, -0.2) is 0 Å². The van der Waals surface area contributed by atoms with Gasteiger partial charge in [-0.3, -0.25) is 4.79 Å². The summed E-state index contributed by atoms with van der Waals surface area (Å²) < 4.78 is 13.4. The van der Waals surface area contributed by atoms with E-state index >= 15 is 0 Å². The molecule has 2 aromatic rings. The van der Waals surface area contributed by atoms with Gasteiger partial charge in [0, 0.05) is 42.3 Å². The van der Waals surface area contributed by atoms with Gasteiger partial charge < -0.3 is 24.7 Å². The van der Waals surface area contributed by atoms with Crippen molar-refractivity contribution in [1.82, 2.24) is 9.47 Å². The van der Waals surface area contributed by atoms with E-state index in [-0.39, 0.29) is 11.9 Å². The van der Waals surface area contributed by atoms with Gasteiger partial charge in [0.1, 0.15) is 13.2 Å². The highest BCUT2D eigenvalue weighted by Gasteiger charge is 2.27. The smallest absolute Gasteiger partial charge is 0.255 e. The molecule has 1 aromatic carbocycles. The van der Waals surface area contributed by atoms with E-state index in [9.17, 15) is 4.79 Å². The van der Waals surface area contributed by atoms with Crippen LogP contribution in [0, 0.1) is 13.8 Å². The summed E-state index contributed by atoms with van der Waals surface area (Å²) in [4.78, 5) is 14.7. The zero-order valence-electron chi connectivity index (χ0n) is 14.6. The van der Waals surface area contributed by atoms with Gasteiger partial charge in [0.25, 0.3) is 5.91 Å². The Morgan fingerprint density at radius 3 is 2.64 bits per heavy atom.